The summed E-state index contributed by atoms with van der Waals surface area (Å²) >= 11 is 0. The van der Waals surface area contributed by atoms with Crippen molar-refractivity contribution in [1.82, 2.24) is 4.31 Å². The van der Waals surface area contributed by atoms with Gasteiger partial charge in [-0.3, -0.25) is 0 Å². The summed E-state index contributed by atoms with van der Waals surface area (Å²) in [5.41, 5.74) is -1.28. The monoisotopic (exact) mass is 321 g/mol. The molecule has 1 saturated heterocycles. The highest BCUT2D eigenvalue weighted by Crippen LogP contribution is 2.25. The smallest absolute Gasteiger partial charge is 0.341 e. The van der Waals surface area contributed by atoms with Crippen molar-refractivity contribution in [3.63, 3.8) is 0 Å². The van der Waals surface area contributed by atoms with E-state index in [1.54, 1.807) is 6.92 Å². The highest BCUT2D eigenvalue weighted by Gasteiger charge is 2.33. The second kappa shape index (κ2) is 5.66. The molecule has 1 fully saturated rings. The van der Waals surface area contributed by atoms with Crippen LogP contribution in [0.15, 0.2) is 17.0 Å². The molecule has 0 bridgehead atoms. The van der Waals surface area contributed by atoms with E-state index in [-0.39, 0.29) is 25.8 Å². The van der Waals surface area contributed by atoms with Crippen molar-refractivity contribution >= 4 is 16.0 Å². The summed E-state index contributed by atoms with van der Waals surface area (Å²) in [5, 5.41) is 8.78. The molecule has 1 N–H and O–H groups in total. The first-order chi connectivity index (χ1) is 9.75. The minimum atomic E-state index is -4.25. The largest absolute Gasteiger partial charge is 0.477 e. The third-order valence-corrected chi connectivity index (χ3v) is 4.97. The number of sulfonamides is 1. The average Bonchev–Trinajstić information content (AvgIpc) is 2.37. The van der Waals surface area contributed by atoms with Gasteiger partial charge in [0, 0.05) is 13.1 Å². The zero-order chi connectivity index (χ0) is 15.8. The standard InChI is InChI=1S/C12H13F2NO5S/c1-7-6-15(4-5-20-7)21(18,19)9-3-2-8(13)10(11(9)14)12(16)17/h2-3,7H,4-6H2,1H3,(H,16,17). The number of halogens is 2. The molecule has 0 aliphatic carbocycles. The van der Waals surface area contributed by atoms with E-state index in [2.05, 4.69) is 0 Å². The van der Waals surface area contributed by atoms with Crippen molar-refractivity contribution in [3.05, 3.63) is 29.3 Å². The van der Waals surface area contributed by atoms with E-state index in [1.807, 2.05) is 0 Å². The van der Waals surface area contributed by atoms with Crippen LogP contribution >= 0.6 is 0 Å². The van der Waals surface area contributed by atoms with Gasteiger partial charge in [0.1, 0.15) is 16.3 Å². The molecule has 116 valence electrons. The molecular weight excluding hydrogens is 308 g/mol. The van der Waals surface area contributed by atoms with E-state index < -0.39 is 38.1 Å². The van der Waals surface area contributed by atoms with Crippen molar-refractivity contribution in [2.24, 2.45) is 0 Å². The molecule has 1 aromatic rings. The first-order valence-electron chi connectivity index (χ1n) is 6.08. The number of rotatable bonds is 3. The van der Waals surface area contributed by atoms with Crippen LogP contribution in [0.3, 0.4) is 0 Å². The Kier molecular flexibility index (Phi) is 4.26. The molecule has 1 unspecified atom stereocenters. The van der Waals surface area contributed by atoms with Crippen LogP contribution < -0.4 is 0 Å². The molecule has 2 rings (SSSR count). The molecule has 1 atom stereocenters. The maximum atomic E-state index is 14.1. The van der Waals surface area contributed by atoms with E-state index >= 15 is 0 Å². The van der Waals surface area contributed by atoms with Gasteiger partial charge in [-0.2, -0.15) is 4.31 Å². The van der Waals surface area contributed by atoms with Gasteiger partial charge in [-0.15, -0.1) is 0 Å². The molecule has 0 radical (unpaired) electrons. The van der Waals surface area contributed by atoms with Crippen LogP contribution in [-0.4, -0.2) is 49.6 Å². The van der Waals surface area contributed by atoms with Crippen LogP contribution in [0.4, 0.5) is 8.78 Å². The zero-order valence-electron chi connectivity index (χ0n) is 11.0. The summed E-state index contributed by atoms with van der Waals surface area (Å²) in [4.78, 5) is 9.99. The minimum absolute atomic E-state index is 0.0154. The number of aromatic carboxylic acids is 1. The molecule has 0 aromatic heterocycles. The Morgan fingerprint density at radius 3 is 2.67 bits per heavy atom. The molecule has 21 heavy (non-hydrogen) atoms. The van der Waals surface area contributed by atoms with Gasteiger partial charge in [0.05, 0.1) is 12.7 Å². The van der Waals surface area contributed by atoms with Crippen molar-refractivity contribution < 1.29 is 31.8 Å². The Morgan fingerprint density at radius 1 is 1.43 bits per heavy atom. The lowest BCUT2D eigenvalue weighted by Crippen LogP contribution is -2.44. The zero-order valence-corrected chi connectivity index (χ0v) is 11.9. The highest BCUT2D eigenvalue weighted by molar-refractivity contribution is 7.89. The Balaban J connectivity index is 2.50. The number of hydrogen-bond acceptors (Lipinski definition) is 4. The van der Waals surface area contributed by atoms with Gasteiger partial charge in [-0.25, -0.2) is 22.0 Å². The normalized spacial score (nSPS) is 20.4. The van der Waals surface area contributed by atoms with E-state index in [9.17, 15) is 22.0 Å². The molecule has 9 heteroatoms. The molecule has 1 heterocycles. The fourth-order valence-corrected chi connectivity index (χ4v) is 3.64. The van der Waals surface area contributed by atoms with Gasteiger partial charge >= 0.3 is 5.97 Å². The second-order valence-electron chi connectivity index (χ2n) is 4.58. The van der Waals surface area contributed by atoms with Crippen molar-refractivity contribution in [1.29, 1.82) is 0 Å². The number of carboxylic acids is 1. The molecule has 0 amide bonds. The highest BCUT2D eigenvalue weighted by atomic mass is 32.2. The molecule has 1 aromatic carbocycles. The average molecular weight is 321 g/mol. The maximum absolute atomic E-state index is 14.1. The molecule has 0 spiro atoms. The maximum Gasteiger partial charge on any atom is 0.341 e. The second-order valence-corrected chi connectivity index (χ2v) is 6.49. The van der Waals surface area contributed by atoms with E-state index in [0.29, 0.717) is 6.07 Å². The van der Waals surface area contributed by atoms with Crippen LogP contribution in [0.1, 0.15) is 17.3 Å². The van der Waals surface area contributed by atoms with E-state index in [1.165, 1.54) is 0 Å². The van der Waals surface area contributed by atoms with Gasteiger partial charge < -0.3 is 9.84 Å². The first kappa shape index (κ1) is 15.8. The van der Waals surface area contributed by atoms with Crippen LogP contribution in [0, 0.1) is 11.6 Å². The lowest BCUT2D eigenvalue weighted by Gasteiger charge is -2.30. The third kappa shape index (κ3) is 2.89. The molecule has 6 nitrogen and oxygen atoms in total. The number of hydrogen-bond donors (Lipinski definition) is 1. The van der Waals surface area contributed by atoms with E-state index in [0.717, 1.165) is 10.4 Å². The summed E-state index contributed by atoms with van der Waals surface area (Å²) in [7, 11) is -4.25. The van der Waals surface area contributed by atoms with Gasteiger partial charge in [0.2, 0.25) is 10.0 Å². The quantitative estimate of drug-likeness (QED) is 0.900. The van der Waals surface area contributed by atoms with Crippen LogP contribution in [-0.2, 0) is 14.8 Å². The number of carbonyl (C=O) groups is 1. The van der Waals surface area contributed by atoms with Crippen LogP contribution in [0.2, 0.25) is 0 Å². The Bertz CT molecular complexity index is 676. The fourth-order valence-electron chi connectivity index (χ4n) is 2.07. The Hall–Kier alpha value is -1.58. The summed E-state index contributed by atoms with van der Waals surface area (Å²) in [6, 6.07) is 1.36. The van der Waals surface area contributed by atoms with E-state index in [4.69, 9.17) is 9.84 Å². The summed E-state index contributed by atoms with van der Waals surface area (Å²) in [6.07, 6.45) is -0.365. The topological polar surface area (TPSA) is 83.9 Å². The van der Waals surface area contributed by atoms with Crippen molar-refractivity contribution in [2.75, 3.05) is 19.7 Å². The predicted molar refractivity (Wildman–Crippen MR) is 67.5 cm³/mol. The lowest BCUT2D eigenvalue weighted by atomic mass is 10.2. The number of ether oxygens (including phenoxy) is 1. The first-order valence-corrected chi connectivity index (χ1v) is 7.52. The predicted octanol–water partition coefficient (Wildman–Crippen LogP) is 1.07. The molecule has 1 aliphatic heterocycles. The van der Waals surface area contributed by atoms with Gasteiger partial charge in [-0.1, -0.05) is 0 Å². The van der Waals surface area contributed by atoms with Crippen LogP contribution in [0.25, 0.3) is 0 Å². The fraction of sp³-hybridized carbons (Fsp3) is 0.417. The number of benzene rings is 1. The number of carboxylic acid groups (broad SMARTS) is 1. The summed E-state index contributed by atoms with van der Waals surface area (Å²) < 4.78 is 58.3. The summed E-state index contributed by atoms with van der Waals surface area (Å²) in [5.74, 6) is -4.78. The number of nitrogens with zero attached hydrogens (tertiary/aromatic N) is 1. The SMILES string of the molecule is CC1CN(S(=O)(=O)c2ccc(F)c(C(=O)O)c2F)CCO1. The third-order valence-electron chi connectivity index (χ3n) is 3.09. The summed E-state index contributed by atoms with van der Waals surface area (Å²) in [6.45, 7) is 1.84. The van der Waals surface area contributed by atoms with Gasteiger partial charge in [0.25, 0.3) is 0 Å². The van der Waals surface area contributed by atoms with Gasteiger partial charge in [-0.05, 0) is 19.1 Å². The molecule has 0 saturated carbocycles. The van der Waals surface area contributed by atoms with Crippen LogP contribution in [0.5, 0.6) is 0 Å². The van der Waals surface area contributed by atoms with Gasteiger partial charge in [0.15, 0.2) is 5.82 Å². The van der Waals surface area contributed by atoms with Crippen molar-refractivity contribution in [3.8, 4) is 0 Å². The lowest BCUT2D eigenvalue weighted by molar-refractivity contribution is 0.0101. The van der Waals surface area contributed by atoms with Crippen molar-refractivity contribution in [2.45, 2.75) is 17.9 Å². The molecule has 1 aliphatic rings. The number of morpholine rings is 1. The Morgan fingerprint density at radius 2 is 2.10 bits per heavy atom. The minimum Gasteiger partial charge on any atom is -0.477 e. The Labute approximate surface area is 120 Å². The molecular formula is C12H13F2NO5S.